The van der Waals surface area contributed by atoms with Gasteiger partial charge in [-0.3, -0.25) is 4.57 Å². The van der Waals surface area contributed by atoms with Crippen LogP contribution >= 0.6 is 0 Å². The van der Waals surface area contributed by atoms with Crippen LogP contribution in [-0.2, 0) is 19.4 Å². The van der Waals surface area contributed by atoms with Crippen LogP contribution in [0.15, 0.2) is 35.3 Å². The van der Waals surface area contributed by atoms with Crippen LogP contribution in [0.2, 0.25) is 0 Å². The van der Waals surface area contributed by atoms with E-state index in [4.69, 9.17) is 0 Å². The highest BCUT2D eigenvalue weighted by molar-refractivity contribution is 5.66. The zero-order chi connectivity index (χ0) is 16.6. The van der Waals surface area contributed by atoms with Crippen molar-refractivity contribution in [2.24, 2.45) is 5.41 Å². The van der Waals surface area contributed by atoms with E-state index in [1.54, 1.807) is 10.8 Å². The van der Waals surface area contributed by atoms with Gasteiger partial charge in [-0.1, -0.05) is 39.0 Å². The number of rotatable bonds is 3. The smallest absolute Gasteiger partial charge is 0.347 e. The van der Waals surface area contributed by atoms with Crippen molar-refractivity contribution in [1.82, 2.24) is 9.55 Å². The second kappa shape index (κ2) is 5.93. The molecule has 1 aliphatic heterocycles. The van der Waals surface area contributed by atoms with Crippen molar-refractivity contribution in [1.29, 1.82) is 0 Å². The summed E-state index contributed by atoms with van der Waals surface area (Å²) in [5.41, 5.74) is 4.34. The highest BCUT2D eigenvalue weighted by Gasteiger charge is 2.22. The van der Waals surface area contributed by atoms with Crippen molar-refractivity contribution in [2.75, 3.05) is 0 Å². The van der Waals surface area contributed by atoms with Gasteiger partial charge in [-0.2, -0.15) is 0 Å². The lowest BCUT2D eigenvalue weighted by atomic mass is 9.85. The van der Waals surface area contributed by atoms with Gasteiger partial charge in [0.05, 0.1) is 11.8 Å². The van der Waals surface area contributed by atoms with E-state index in [0.29, 0.717) is 6.54 Å². The van der Waals surface area contributed by atoms with E-state index >= 15 is 0 Å². The van der Waals surface area contributed by atoms with Gasteiger partial charge in [-0.25, -0.2) is 9.78 Å². The number of hydrogen-bond donors (Lipinski definition) is 1. The van der Waals surface area contributed by atoms with Crippen LogP contribution in [0.25, 0.3) is 11.3 Å². The Hall–Kier alpha value is -1.94. The molecule has 1 aromatic carbocycles. The molecule has 1 unspecified atom stereocenters. The Bertz CT molecular complexity index is 772. The molecule has 1 aliphatic rings. The third kappa shape index (κ3) is 3.22. The number of aliphatic hydroxyl groups is 1. The molecule has 0 saturated heterocycles. The third-order valence-electron chi connectivity index (χ3n) is 4.70. The van der Waals surface area contributed by atoms with Gasteiger partial charge < -0.3 is 5.11 Å². The number of aryl methyl sites for hydroxylation is 2. The first-order chi connectivity index (χ1) is 10.9. The third-order valence-corrected chi connectivity index (χ3v) is 4.70. The monoisotopic (exact) mass is 312 g/mol. The second-order valence-corrected chi connectivity index (χ2v) is 7.43. The molecule has 0 radical (unpaired) electrons. The summed E-state index contributed by atoms with van der Waals surface area (Å²) in [6.07, 6.45) is 3.77. The summed E-state index contributed by atoms with van der Waals surface area (Å²) in [5, 5.41) is 10.2. The lowest BCUT2D eigenvalue weighted by Crippen LogP contribution is -2.28. The van der Waals surface area contributed by atoms with Crippen LogP contribution in [-0.4, -0.2) is 20.8 Å². The molecule has 0 bridgehead atoms. The standard InChI is InChI=1S/C19H24N2O2/c1-19(2,3)17(22)7-5-13-4-6-15-14(12-13)9-11-21-16(15)8-10-20-18(21)23/h4,6,8,10,12,17,22H,5,7,9,11H2,1-3H3. The number of hydrogen-bond acceptors (Lipinski definition) is 3. The second-order valence-electron chi connectivity index (χ2n) is 7.43. The van der Waals surface area contributed by atoms with Crippen LogP contribution in [0.1, 0.15) is 38.3 Å². The van der Waals surface area contributed by atoms with Gasteiger partial charge in [-0.05, 0) is 41.9 Å². The number of aliphatic hydroxyl groups excluding tert-OH is 1. The zero-order valence-electron chi connectivity index (χ0n) is 14.0. The maximum absolute atomic E-state index is 11.8. The maximum atomic E-state index is 11.8. The highest BCUT2D eigenvalue weighted by Crippen LogP contribution is 2.29. The fraction of sp³-hybridized carbons (Fsp3) is 0.474. The fourth-order valence-corrected chi connectivity index (χ4v) is 3.11. The van der Waals surface area contributed by atoms with E-state index in [0.717, 1.165) is 30.5 Å². The average Bonchev–Trinajstić information content (AvgIpc) is 2.51. The first-order valence-corrected chi connectivity index (χ1v) is 8.22. The molecule has 0 spiro atoms. The summed E-state index contributed by atoms with van der Waals surface area (Å²) in [6.45, 7) is 6.87. The van der Waals surface area contributed by atoms with Crippen LogP contribution in [0.3, 0.4) is 0 Å². The van der Waals surface area contributed by atoms with E-state index in [1.165, 1.54) is 11.1 Å². The zero-order valence-corrected chi connectivity index (χ0v) is 14.0. The summed E-state index contributed by atoms with van der Waals surface area (Å²) in [6, 6.07) is 8.33. The molecule has 0 fully saturated rings. The largest absolute Gasteiger partial charge is 0.393 e. The van der Waals surface area contributed by atoms with Crippen molar-refractivity contribution in [3.63, 3.8) is 0 Å². The van der Waals surface area contributed by atoms with Crippen molar-refractivity contribution in [3.8, 4) is 11.3 Å². The lowest BCUT2D eigenvalue weighted by molar-refractivity contribution is 0.0560. The number of fused-ring (bicyclic) bond motifs is 3. The van der Waals surface area contributed by atoms with Gasteiger partial charge in [0.25, 0.3) is 0 Å². The van der Waals surface area contributed by atoms with Crippen molar-refractivity contribution >= 4 is 0 Å². The van der Waals surface area contributed by atoms with Gasteiger partial charge in [0.15, 0.2) is 0 Å². The first kappa shape index (κ1) is 15.9. The minimum absolute atomic E-state index is 0.0820. The van der Waals surface area contributed by atoms with Crippen LogP contribution in [0.5, 0.6) is 0 Å². The normalized spacial score (nSPS) is 15.0. The van der Waals surface area contributed by atoms with Gasteiger partial charge in [-0.15, -0.1) is 0 Å². The molecule has 4 nitrogen and oxygen atoms in total. The summed E-state index contributed by atoms with van der Waals surface area (Å²) in [4.78, 5) is 15.7. The van der Waals surface area contributed by atoms with E-state index in [9.17, 15) is 9.90 Å². The minimum Gasteiger partial charge on any atom is -0.393 e. The molecule has 122 valence electrons. The summed E-state index contributed by atoms with van der Waals surface area (Å²) < 4.78 is 1.74. The maximum Gasteiger partial charge on any atom is 0.347 e. The molecule has 23 heavy (non-hydrogen) atoms. The molecule has 0 amide bonds. The van der Waals surface area contributed by atoms with E-state index in [1.807, 2.05) is 6.07 Å². The minimum atomic E-state index is -0.302. The number of benzene rings is 1. The molecular formula is C19H24N2O2. The molecule has 2 aromatic rings. The topological polar surface area (TPSA) is 55.1 Å². The first-order valence-electron chi connectivity index (χ1n) is 8.22. The predicted molar refractivity (Wildman–Crippen MR) is 91.4 cm³/mol. The van der Waals surface area contributed by atoms with Crippen molar-refractivity contribution < 1.29 is 5.11 Å². The predicted octanol–water partition coefficient (Wildman–Crippen LogP) is 2.81. The van der Waals surface area contributed by atoms with Crippen LogP contribution < -0.4 is 5.69 Å². The SMILES string of the molecule is CC(C)(C)C(O)CCc1ccc2c(c1)CCn1c-2ccnc1=O. The lowest BCUT2D eigenvalue weighted by Gasteiger charge is -2.26. The molecule has 3 rings (SSSR count). The molecule has 0 aliphatic carbocycles. The van der Waals surface area contributed by atoms with Gasteiger partial charge in [0.2, 0.25) is 0 Å². The van der Waals surface area contributed by atoms with Crippen molar-refractivity contribution in [2.45, 2.75) is 52.7 Å². The van der Waals surface area contributed by atoms with Crippen LogP contribution in [0.4, 0.5) is 0 Å². The average molecular weight is 312 g/mol. The fourth-order valence-electron chi connectivity index (χ4n) is 3.11. The summed E-state index contributed by atoms with van der Waals surface area (Å²) in [7, 11) is 0. The van der Waals surface area contributed by atoms with E-state index in [2.05, 4.69) is 44.0 Å². The van der Waals surface area contributed by atoms with E-state index in [-0.39, 0.29) is 17.2 Å². The summed E-state index contributed by atoms with van der Waals surface area (Å²) >= 11 is 0. The molecule has 0 saturated carbocycles. The molecule has 1 aromatic heterocycles. The van der Waals surface area contributed by atoms with Crippen LogP contribution in [0, 0.1) is 5.41 Å². The van der Waals surface area contributed by atoms with Crippen molar-refractivity contribution in [3.05, 3.63) is 52.1 Å². The van der Waals surface area contributed by atoms with Gasteiger partial charge >= 0.3 is 5.69 Å². The number of aromatic nitrogens is 2. The van der Waals surface area contributed by atoms with Gasteiger partial charge in [0, 0.05) is 18.3 Å². The Morgan fingerprint density at radius 1 is 1.30 bits per heavy atom. The molecule has 1 N–H and O–H groups in total. The Kier molecular flexibility index (Phi) is 4.11. The molecule has 2 heterocycles. The molecular weight excluding hydrogens is 288 g/mol. The Labute approximate surface area is 136 Å². The molecule has 4 heteroatoms. The number of nitrogens with zero attached hydrogens (tertiary/aromatic N) is 2. The van der Waals surface area contributed by atoms with E-state index < -0.39 is 0 Å². The van der Waals surface area contributed by atoms with Gasteiger partial charge in [0.1, 0.15) is 0 Å². The Morgan fingerprint density at radius 3 is 2.83 bits per heavy atom. The summed E-state index contributed by atoms with van der Waals surface area (Å²) in [5.74, 6) is 0. The highest BCUT2D eigenvalue weighted by atomic mass is 16.3. The Morgan fingerprint density at radius 2 is 2.09 bits per heavy atom. The quantitative estimate of drug-likeness (QED) is 0.948. The molecule has 1 atom stereocenters. The Balaban J connectivity index is 1.83.